The van der Waals surface area contributed by atoms with Crippen molar-refractivity contribution < 1.29 is 32.3 Å². The van der Waals surface area contributed by atoms with E-state index in [4.69, 9.17) is 16.3 Å². The highest BCUT2D eigenvalue weighted by Gasteiger charge is 2.45. The Kier molecular flexibility index (Phi) is 10.4. The van der Waals surface area contributed by atoms with E-state index in [9.17, 15) is 27.6 Å². The van der Waals surface area contributed by atoms with Gasteiger partial charge < -0.3 is 31.3 Å². The first kappa shape index (κ1) is 35.8. The summed E-state index contributed by atoms with van der Waals surface area (Å²) in [5, 5.41) is 18.5. The standard InChI is InChI=1S/C32H34ClF3N10O4/c1-30(2,17-38-25(48)26(49)41-23-12-15-39-46(23)3)16-37-24(47)19-4-10-22(11-5-19)40-27-42-28(44-29(43-27)50-18-32(34,35)36)45-31(13-14-31)20-6-8-21(33)9-7-20/h4-12,15H,13-14,16-18H2,1-3H3,(H,37,47)(H,38,48)(H,41,49)(H2,40,42,43,44,45). The van der Waals surface area contributed by atoms with Gasteiger partial charge in [0, 0.05) is 42.5 Å². The van der Waals surface area contributed by atoms with Crippen LogP contribution in [0.3, 0.4) is 0 Å². The number of rotatable bonds is 13. The SMILES string of the molecule is Cn1nccc1NC(=O)C(=O)NCC(C)(C)CNC(=O)c1ccc(Nc2nc(NC3(c4ccc(Cl)cc4)CC3)nc(OCC(F)(F)F)n2)cc1. The van der Waals surface area contributed by atoms with Crippen LogP contribution in [0.2, 0.25) is 5.02 Å². The molecular formula is C32H34ClF3N10O4. The average molecular weight is 715 g/mol. The number of carbonyl (C=O) groups is 3. The molecule has 0 bridgehead atoms. The van der Waals surface area contributed by atoms with Gasteiger partial charge in [0.05, 0.1) is 11.7 Å². The second-order valence-electron chi connectivity index (χ2n) is 12.4. The summed E-state index contributed by atoms with van der Waals surface area (Å²) in [6.45, 7) is 2.31. The fourth-order valence-corrected chi connectivity index (χ4v) is 4.79. The van der Waals surface area contributed by atoms with Crippen molar-refractivity contribution in [3.05, 3.63) is 76.9 Å². The lowest BCUT2D eigenvalue weighted by molar-refractivity contribution is -0.154. The Morgan fingerprint density at radius 3 is 2.18 bits per heavy atom. The summed E-state index contributed by atoms with van der Waals surface area (Å²) in [5.41, 5.74) is 0.543. The molecule has 14 nitrogen and oxygen atoms in total. The van der Waals surface area contributed by atoms with E-state index in [1.54, 1.807) is 37.4 Å². The molecule has 1 saturated carbocycles. The number of hydrogen-bond acceptors (Lipinski definition) is 10. The minimum Gasteiger partial charge on any atom is -0.454 e. The highest BCUT2D eigenvalue weighted by Crippen LogP contribution is 2.48. The number of anilines is 4. The molecule has 0 radical (unpaired) electrons. The smallest absolute Gasteiger partial charge is 0.422 e. The predicted molar refractivity (Wildman–Crippen MR) is 178 cm³/mol. The van der Waals surface area contributed by atoms with E-state index in [0.717, 1.165) is 18.4 Å². The monoisotopic (exact) mass is 714 g/mol. The van der Waals surface area contributed by atoms with Crippen LogP contribution in [0, 0.1) is 5.41 Å². The Balaban J connectivity index is 1.18. The highest BCUT2D eigenvalue weighted by atomic mass is 35.5. The number of nitrogens with zero attached hydrogens (tertiary/aromatic N) is 5. The van der Waals surface area contributed by atoms with E-state index < -0.39 is 47.5 Å². The number of carbonyl (C=O) groups excluding carboxylic acids is 3. The van der Waals surface area contributed by atoms with Gasteiger partial charge in [0.25, 0.3) is 5.91 Å². The molecule has 18 heteroatoms. The van der Waals surface area contributed by atoms with Gasteiger partial charge in [-0.25, -0.2) is 0 Å². The van der Waals surface area contributed by atoms with Crippen molar-refractivity contribution in [2.45, 2.75) is 38.4 Å². The molecule has 0 aliphatic heterocycles. The summed E-state index contributed by atoms with van der Waals surface area (Å²) < 4.78 is 45.0. The molecular weight excluding hydrogens is 681 g/mol. The van der Waals surface area contributed by atoms with E-state index in [-0.39, 0.29) is 25.0 Å². The van der Waals surface area contributed by atoms with Gasteiger partial charge in [0.1, 0.15) is 5.82 Å². The molecule has 3 amide bonds. The number of alkyl halides is 3. The summed E-state index contributed by atoms with van der Waals surface area (Å²) in [5.74, 6) is -1.78. The maximum absolute atomic E-state index is 12.9. The van der Waals surface area contributed by atoms with Gasteiger partial charge in [-0.1, -0.05) is 37.6 Å². The van der Waals surface area contributed by atoms with Crippen molar-refractivity contribution >= 4 is 52.7 Å². The first-order valence-electron chi connectivity index (χ1n) is 15.3. The van der Waals surface area contributed by atoms with Crippen molar-refractivity contribution in [1.29, 1.82) is 0 Å². The van der Waals surface area contributed by atoms with Crippen LogP contribution in [0.1, 0.15) is 42.6 Å². The van der Waals surface area contributed by atoms with E-state index in [1.165, 1.54) is 23.0 Å². The molecule has 5 rings (SSSR count). The van der Waals surface area contributed by atoms with E-state index in [1.807, 2.05) is 26.0 Å². The second-order valence-corrected chi connectivity index (χ2v) is 12.8. The summed E-state index contributed by atoms with van der Waals surface area (Å²) in [7, 11) is 1.62. The lowest BCUT2D eigenvalue weighted by Crippen LogP contribution is -2.45. The van der Waals surface area contributed by atoms with Crippen LogP contribution in [0.25, 0.3) is 0 Å². The molecule has 0 saturated heterocycles. The van der Waals surface area contributed by atoms with Gasteiger partial charge in [0.15, 0.2) is 6.61 Å². The van der Waals surface area contributed by atoms with Crippen LogP contribution < -0.4 is 31.3 Å². The topological polar surface area (TPSA) is 177 Å². The van der Waals surface area contributed by atoms with Crippen molar-refractivity contribution in [3.8, 4) is 6.01 Å². The van der Waals surface area contributed by atoms with Crippen LogP contribution >= 0.6 is 11.6 Å². The Morgan fingerprint density at radius 2 is 1.56 bits per heavy atom. The van der Waals surface area contributed by atoms with Crippen LogP contribution in [-0.2, 0) is 22.2 Å². The Hall–Kier alpha value is -5.45. The number of amides is 3. The average Bonchev–Trinajstić information content (AvgIpc) is 3.73. The molecule has 1 aliphatic carbocycles. The molecule has 4 aromatic rings. The van der Waals surface area contributed by atoms with Gasteiger partial charge in [-0.15, -0.1) is 0 Å². The van der Waals surface area contributed by atoms with Crippen molar-refractivity contribution in [3.63, 3.8) is 0 Å². The second kappa shape index (κ2) is 14.6. The lowest BCUT2D eigenvalue weighted by Gasteiger charge is -2.25. The van der Waals surface area contributed by atoms with E-state index in [2.05, 4.69) is 46.6 Å². The van der Waals surface area contributed by atoms with Gasteiger partial charge >= 0.3 is 24.0 Å². The largest absolute Gasteiger partial charge is 0.454 e. The maximum Gasteiger partial charge on any atom is 0.422 e. The Labute approximate surface area is 289 Å². The molecule has 2 heterocycles. The number of aromatic nitrogens is 5. The third-order valence-corrected chi connectivity index (χ3v) is 7.86. The molecule has 1 aliphatic rings. The summed E-state index contributed by atoms with van der Waals surface area (Å²) in [4.78, 5) is 49.7. The van der Waals surface area contributed by atoms with Crippen LogP contribution in [0.15, 0.2) is 60.8 Å². The molecule has 50 heavy (non-hydrogen) atoms. The number of aryl methyl sites for hydroxylation is 1. The molecule has 5 N–H and O–H groups in total. The molecule has 0 spiro atoms. The number of hydrogen-bond donors (Lipinski definition) is 5. The minimum atomic E-state index is -4.61. The number of halogens is 4. The van der Waals surface area contributed by atoms with Gasteiger partial charge in [-0.2, -0.15) is 33.2 Å². The third-order valence-electron chi connectivity index (χ3n) is 7.60. The lowest BCUT2D eigenvalue weighted by atomic mass is 9.93. The van der Waals surface area contributed by atoms with E-state index >= 15 is 0 Å². The van der Waals surface area contributed by atoms with Gasteiger partial charge in [-0.3, -0.25) is 19.1 Å². The number of ether oxygens (including phenoxy) is 1. The van der Waals surface area contributed by atoms with Crippen molar-refractivity contribution in [2.24, 2.45) is 12.5 Å². The molecule has 264 valence electrons. The molecule has 0 atom stereocenters. The summed E-state index contributed by atoms with van der Waals surface area (Å²) in [6.07, 6.45) is -1.65. The molecule has 2 aromatic carbocycles. The maximum atomic E-state index is 12.9. The first-order chi connectivity index (χ1) is 23.6. The van der Waals surface area contributed by atoms with Gasteiger partial charge in [-0.05, 0) is 60.2 Å². The third kappa shape index (κ3) is 9.81. The van der Waals surface area contributed by atoms with Crippen LogP contribution in [0.5, 0.6) is 6.01 Å². The first-order valence-corrected chi connectivity index (χ1v) is 15.7. The minimum absolute atomic E-state index is 0.0102. The summed E-state index contributed by atoms with van der Waals surface area (Å²) in [6, 6.07) is 14.4. The number of benzene rings is 2. The van der Waals surface area contributed by atoms with Crippen LogP contribution in [-0.4, -0.2) is 68.3 Å². The zero-order valence-corrected chi connectivity index (χ0v) is 27.9. The zero-order valence-electron chi connectivity index (χ0n) is 27.2. The normalized spacial score (nSPS) is 13.6. The molecule has 1 fully saturated rings. The fourth-order valence-electron chi connectivity index (χ4n) is 4.66. The van der Waals surface area contributed by atoms with Crippen molar-refractivity contribution in [1.82, 2.24) is 35.4 Å². The predicted octanol–water partition coefficient (Wildman–Crippen LogP) is 4.56. The quantitative estimate of drug-likeness (QED) is 0.124. The fraction of sp³-hybridized carbons (Fsp3) is 0.344. The highest BCUT2D eigenvalue weighted by molar-refractivity contribution is 6.39. The Bertz CT molecular complexity index is 1850. The zero-order chi connectivity index (χ0) is 36.1. The van der Waals surface area contributed by atoms with E-state index in [0.29, 0.717) is 22.1 Å². The summed E-state index contributed by atoms with van der Waals surface area (Å²) >= 11 is 6.03. The number of nitrogens with one attached hydrogen (secondary N) is 5. The van der Waals surface area contributed by atoms with Gasteiger partial charge in [0.2, 0.25) is 11.9 Å². The molecule has 0 unspecified atom stereocenters. The van der Waals surface area contributed by atoms with Crippen molar-refractivity contribution in [2.75, 3.05) is 35.6 Å². The molecule has 2 aromatic heterocycles. The van der Waals surface area contributed by atoms with Crippen LogP contribution in [0.4, 0.5) is 36.6 Å². The Morgan fingerprint density at radius 1 is 0.900 bits per heavy atom.